The van der Waals surface area contributed by atoms with Gasteiger partial charge in [-0.1, -0.05) is 48.6 Å². The third-order valence-electron chi connectivity index (χ3n) is 10.3. The van der Waals surface area contributed by atoms with E-state index in [0.717, 1.165) is 35.4 Å². The van der Waals surface area contributed by atoms with Crippen molar-refractivity contribution < 1.29 is 19.2 Å². The highest BCUT2D eigenvalue weighted by atomic mass is 16.2. The van der Waals surface area contributed by atoms with Gasteiger partial charge < -0.3 is 20.4 Å². The highest BCUT2D eigenvalue weighted by Crippen LogP contribution is 2.24. The van der Waals surface area contributed by atoms with Gasteiger partial charge in [0.1, 0.15) is 47.8 Å². The van der Waals surface area contributed by atoms with E-state index in [-0.39, 0.29) is 35.0 Å². The number of rotatable bonds is 10. The molecule has 292 valence electrons. The molecule has 2 aliphatic heterocycles. The molecular weight excluding hydrogens is 733 g/mol. The molecule has 58 heavy (non-hydrogen) atoms. The molecule has 2 aliphatic rings. The summed E-state index contributed by atoms with van der Waals surface area (Å²) >= 11 is 0. The lowest BCUT2D eigenvalue weighted by atomic mass is 10.1. The lowest BCUT2D eigenvalue weighted by Gasteiger charge is -2.23. The van der Waals surface area contributed by atoms with Crippen LogP contribution in [0.4, 0.5) is 11.4 Å². The van der Waals surface area contributed by atoms with Crippen LogP contribution in [0.25, 0.3) is 23.8 Å². The number of nitrogens with zero attached hydrogens (tertiary/aromatic N) is 8. The van der Waals surface area contributed by atoms with E-state index in [1.165, 1.54) is 0 Å². The van der Waals surface area contributed by atoms with Crippen molar-refractivity contribution >= 4 is 47.2 Å². The first-order valence-corrected chi connectivity index (χ1v) is 19.3. The van der Waals surface area contributed by atoms with Crippen molar-refractivity contribution in [2.75, 3.05) is 23.7 Å². The van der Waals surface area contributed by atoms with Crippen LogP contribution in [0.15, 0.2) is 110 Å². The Morgan fingerprint density at radius 1 is 0.586 bits per heavy atom. The maximum Gasteiger partial charge on any atom is 0.274 e. The third-order valence-corrected chi connectivity index (χ3v) is 10.3. The van der Waals surface area contributed by atoms with Gasteiger partial charge >= 0.3 is 0 Å². The van der Waals surface area contributed by atoms with Gasteiger partial charge in [0.15, 0.2) is 0 Å². The molecule has 0 spiro atoms. The zero-order valence-electron chi connectivity index (χ0n) is 32.2. The quantitative estimate of drug-likeness (QED) is 0.158. The number of hydrogen-bond acceptors (Lipinski definition) is 8. The lowest BCUT2D eigenvalue weighted by Crippen LogP contribution is -2.43. The predicted molar refractivity (Wildman–Crippen MR) is 219 cm³/mol. The van der Waals surface area contributed by atoms with Gasteiger partial charge in [0.25, 0.3) is 11.8 Å². The second-order valence-corrected chi connectivity index (χ2v) is 14.5. The fraction of sp³-hybridized carbons (Fsp3) is 0.227. The monoisotopic (exact) mass is 774 g/mol. The SMILES string of the molecule is Cc1cccc(-n2cnc(C(=O)N3CCC[C@H]3C(=O)Nc3ccc(/C=C/c4ccc(NC(=O)[C@@H]5CCCN5C(=O)c5cn(-c6cccc(C)n6)cn5)cc4)cc3)c2)n1. The number of benzene rings is 2. The Balaban J connectivity index is 0.829. The molecule has 0 bridgehead atoms. The van der Waals surface area contributed by atoms with Crippen LogP contribution in [0, 0.1) is 13.8 Å². The van der Waals surface area contributed by atoms with Crippen LogP contribution in [0.5, 0.6) is 0 Å². The van der Waals surface area contributed by atoms with E-state index in [1.54, 1.807) is 44.0 Å². The van der Waals surface area contributed by atoms with Crippen LogP contribution >= 0.6 is 0 Å². The van der Waals surface area contributed by atoms with Crippen molar-refractivity contribution in [3.05, 3.63) is 144 Å². The first-order valence-electron chi connectivity index (χ1n) is 19.3. The average Bonchev–Trinajstić information content (AvgIpc) is 4.08. The first kappa shape index (κ1) is 37.7. The third kappa shape index (κ3) is 8.31. The summed E-state index contributed by atoms with van der Waals surface area (Å²) in [5.41, 5.74) is 5.37. The summed E-state index contributed by atoms with van der Waals surface area (Å²) in [5.74, 6) is 0.282. The maximum atomic E-state index is 13.4. The van der Waals surface area contributed by atoms with Crippen molar-refractivity contribution in [2.24, 2.45) is 0 Å². The number of pyridine rings is 2. The van der Waals surface area contributed by atoms with Crippen molar-refractivity contribution in [1.29, 1.82) is 0 Å². The molecule has 6 heterocycles. The van der Waals surface area contributed by atoms with Gasteiger partial charge in [0.05, 0.1) is 0 Å². The van der Waals surface area contributed by atoms with Crippen molar-refractivity contribution in [1.82, 2.24) is 38.9 Å². The Morgan fingerprint density at radius 3 is 1.40 bits per heavy atom. The number of likely N-dealkylation sites (tertiary alicyclic amines) is 2. The Labute approximate surface area is 335 Å². The first-order chi connectivity index (χ1) is 28.2. The number of carbonyl (C=O) groups excluding carboxylic acids is 4. The van der Waals surface area contributed by atoms with Crippen LogP contribution in [0.1, 0.15) is 69.2 Å². The number of carbonyl (C=O) groups is 4. The van der Waals surface area contributed by atoms with E-state index in [1.807, 2.05) is 111 Å². The van der Waals surface area contributed by atoms with Crippen LogP contribution in [-0.2, 0) is 9.59 Å². The summed E-state index contributed by atoms with van der Waals surface area (Å²) in [5, 5.41) is 5.94. The zero-order chi connectivity index (χ0) is 40.2. The maximum absolute atomic E-state index is 13.4. The smallest absolute Gasteiger partial charge is 0.274 e. The van der Waals surface area contributed by atoms with Gasteiger partial charge in [-0.2, -0.15) is 0 Å². The van der Waals surface area contributed by atoms with Gasteiger partial charge in [-0.15, -0.1) is 0 Å². The van der Waals surface area contributed by atoms with E-state index in [0.29, 0.717) is 48.9 Å². The number of aromatic nitrogens is 6. The van der Waals surface area contributed by atoms with Crippen molar-refractivity contribution in [3.8, 4) is 11.6 Å². The molecule has 0 unspecified atom stereocenters. The number of aryl methyl sites for hydroxylation is 2. The van der Waals surface area contributed by atoms with E-state index in [9.17, 15) is 19.2 Å². The van der Waals surface area contributed by atoms with Gasteiger partial charge in [-0.25, -0.2) is 19.9 Å². The normalized spacial score (nSPS) is 16.5. The molecule has 0 aliphatic carbocycles. The van der Waals surface area contributed by atoms with Crippen molar-refractivity contribution in [3.63, 3.8) is 0 Å². The molecule has 8 rings (SSSR count). The van der Waals surface area contributed by atoms with E-state index < -0.39 is 12.1 Å². The van der Waals surface area contributed by atoms with E-state index >= 15 is 0 Å². The predicted octanol–water partition coefficient (Wildman–Crippen LogP) is 6.12. The molecular formula is C44H42N10O4. The molecule has 14 nitrogen and oxygen atoms in total. The standard InChI is InChI=1S/C44H42N10O4/c1-29-7-3-11-39(47-29)51-25-35(45-27-51)43(57)53-23-5-9-37(53)41(55)49-33-19-15-31(16-20-33)13-14-32-17-21-34(22-18-32)50-42(56)38-10-6-24-54(38)44(58)36-26-52(28-46-36)40-12-4-8-30(2)48-40/h3-4,7-8,11-22,25-28,37-38H,5-6,9-10,23-24H2,1-2H3,(H,49,55)(H,50,56)/b14-13+/t37-,38-/m0/s1. The van der Waals surface area contributed by atoms with E-state index in [4.69, 9.17) is 0 Å². The molecule has 14 heteroatoms. The molecule has 4 amide bonds. The summed E-state index contributed by atoms with van der Waals surface area (Å²) < 4.78 is 3.41. The summed E-state index contributed by atoms with van der Waals surface area (Å²) in [6, 6.07) is 25.0. The minimum absolute atomic E-state index is 0.239. The Kier molecular flexibility index (Phi) is 10.7. The molecule has 2 N–H and O–H groups in total. The van der Waals surface area contributed by atoms with Gasteiger partial charge in [-0.05, 0) is 99.2 Å². The lowest BCUT2D eigenvalue weighted by molar-refractivity contribution is -0.120. The van der Waals surface area contributed by atoms with Crippen LogP contribution in [0.3, 0.4) is 0 Å². The van der Waals surface area contributed by atoms with Gasteiger partial charge in [0.2, 0.25) is 11.8 Å². The molecule has 4 aromatic heterocycles. The number of imidazole rings is 2. The number of anilines is 2. The molecule has 2 aromatic carbocycles. The summed E-state index contributed by atoms with van der Waals surface area (Å²) in [6.07, 6.45) is 12.9. The highest BCUT2D eigenvalue weighted by molar-refractivity contribution is 6.02. The fourth-order valence-electron chi connectivity index (χ4n) is 7.32. The summed E-state index contributed by atoms with van der Waals surface area (Å²) in [6.45, 7) is 4.76. The number of nitrogens with one attached hydrogen (secondary N) is 2. The molecule has 2 atom stereocenters. The average molecular weight is 775 g/mol. The topological polar surface area (TPSA) is 160 Å². The number of hydrogen-bond donors (Lipinski definition) is 2. The second kappa shape index (κ2) is 16.5. The summed E-state index contributed by atoms with van der Waals surface area (Å²) in [7, 11) is 0. The molecule has 6 aromatic rings. The van der Waals surface area contributed by atoms with Crippen LogP contribution in [-0.4, -0.2) is 87.7 Å². The summed E-state index contributed by atoms with van der Waals surface area (Å²) in [4.78, 5) is 74.3. The molecule has 0 saturated carbocycles. The Morgan fingerprint density at radius 2 is 1.00 bits per heavy atom. The Hall–Kier alpha value is -7.22. The zero-order valence-corrected chi connectivity index (χ0v) is 32.2. The van der Waals surface area contributed by atoms with Gasteiger partial charge in [-0.3, -0.25) is 28.3 Å². The van der Waals surface area contributed by atoms with Gasteiger partial charge in [0, 0.05) is 48.2 Å². The molecule has 2 saturated heterocycles. The van der Waals surface area contributed by atoms with Crippen molar-refractivity contribution in [2.45, 2.75) is 51.6 Å². The minimum atomic E-state index is -0.597. The largest absolute Gasteiger partial charge is 0.325 e. The number of amides is 4. The van der Waals surface area contributed by atoms with E-state index in [2.05, 4.69) is 30.6 Å². The molecule has 0 radical (unpaired) electrons. The fourth-order valence-corrected chi connectivity index (χ4v) is 7.32. The molecule has 2 fully saturated rings. The highest BCUT2D eigenvalue weighted by Gasteiger charge is 2.37. The van der Waals surface area contributed by atoms with Crippen LogP contribution < -0.4 is 10.6 Å². The Bertz CT molecular complexity index is 2330. The minimum Gasteiger partial charge on any atom is -0.325 e. The van der Waals surface area contributed by atoms with Crippen LogP contribution in [0.2, 0.25) is 0 Å². The second-order valence-electron chi connectivity index (χ2n) is 14.5.